The summed E-state index contributed by atoms with van der Waals surface area (Å²) >= 11 is 6.01. The SMILES string of the molecule is Cc1cccc([C@@H](CC(=O)N(C)Cc2c(F)cccc2Cl)NC(N)=O)c1. The second kappa shape index (κ2) is 8.67. The van der Waals surface area contributed by atoms with Crippen molar-refractivity contribution in [1.82, 2.24) is 10.2 Å². The fourth-order valence-electron chi connectivity index (χ4n) is 2.65. The van der Waals surface area contributed by atoms with Crippen molar-refractivity contribution in [2.24, 2.45) is 5.73 Å². The van der Waals surface area contributed by atoms with Gasteiger partial charge in [0, 0.05) is 24.2 Å². The molecule has 0 saturated heterocycles. The van der Waals surface area contributed by atoms with Crippen LogP contribution in [0.25, 0.3) is 0 Å². The maximum absolute atomic E-state index is 13.9. The maximum Gasteiger partial charge on any atom is 0.312 e. The van der Waals surface area contributed by atoms with E-state index >= 15 is 0 Å². The first-order valence-electron chi connectivity index (χ1n) is 8.07. The first-order chi connectivity index (χ1) is 12.3. The van der Waals surface area contributed by atoms with E-state index in [-0.39, 0.29) is 29.5 Å². The molecule has 0 heterocycles. The molecule has 26 heavy (non-hydrogen) atoms. The van der Waals surface area contributed by atoms with Gasteiger partial charge >= 0.3 is 6.03 Å². The topological polar surface area (TPSA) is 75.4 Å². The van der Waals surface area contributed by atoms with Crippen LogP contribution < -0.4 is 11.1 Å². The Bertz CT molecular complexity index is 793. The van der Waals surface area contributed by atoms with Gasteiger partial charge in [0.2, 0.25) is 5.91 Å². The summed E-state index contributed by atoms with van der Waals surface area (Å²) in [6.45, 7) is 1.94. The highest BCUT2D eigenvalue weighted by molar-refractivity contribution is 6.31. The van der Waals surface area contributed by atoms with Crippen LogP contribution in [0.5, 0.6) is 0 Å². The molecule has 0 fully saturated rings. The number of amides is 3. The molecule has 1 atom stereocenters. The zero-order chi connectivity index (χ0) is 19.3. The number of nitrogens with two attached hydrogens (primary N) is 1. The number of hydrogen-bond acceptors (Lipinski definition) is 2. The van der Waals surface area contributed by atoms with Crippen molar-refractivity contribution in [1.29, 1.82) is 0 Å². The standard InChI is InChI=1S/C19H21ClFN3O2/c1-12-5-3-6-13(9-12)17(23-19(22)26)10-18(25)24(2)11-14-15(20)7-4-8-16(14)21/h3-9,17H,10-11H2,1-2H3,(H3,22,23,26)/t17-/m1/s1. The Hall–Kier alpha value is -2.60. The molecule has 138 valence electrons. The highest BCUT2D eigenvalue weighted by atomic mass is 35.5. The largest absolute Gasteiger partial charge is 0.352 e. The minimum Gasteiger partial charge on any atom is -0.352 e. The molecule has 0 unspecified atom stereocenters. The van der Waals surface area contributed by atoms with E-state index in [0.29, 0.717) is 0 Å². The van der Waals surface area contributed by atoms with E-state index in [9.17, 15) is 14.0 Å². The van der Waals surface area contributed by atoms with Gasteiger partial charge in [0.15, 0.2) is 0 Å². The Morgan fingerprint density at radius 2 is 1.96 bits per heavy atom. The van der Waals surface area contributed by atoms with E-state index in [1.807, 2.05) is 31.2 Å². The number of carbonyl (C=O) groups is 2. The van der Waals surface area contributed by atoms with Gasteiger partial charge in [0.05, 0.1) is 12.5 Å². The molecular formula is C19H21ClFN3O2. The number of aryl methyl sites for hydroxylation is 1. The summed E-state index contributed by atoms with van der Waals surface area (Å²) in [4.78, 5) is 25.3. The molecule has 2 rings (SSSR count). The van der Waals surface area contributed by atoms with E-state index in [4.69, 9.17) is 17.3 Å². The second-order valence-corrected chi connectivity index (χ2v) is 6.54. The molecule has 0 bridgehead atoms. The summed E-state index contributed by atoms with van der Waals surface area (Å²) in [5.41, 5.74) is 7.26. The molecule has 0 aliphatic carbocycles. The van der Waals surface area contributed by atoms with Gasteiger partial charge in [0.1, 0.15) is 5.82 Å². The van der Waals surface area contributed by atoms with E-state index in [1.54, 1.807) is 13.1 Å². The van der Waals surface area contributed by atoms with Gasteiger partial charge in [-0.2, -0.15) is 0 Å². The van der Waals surface area contributed by atoms with Gasteiger partial charge in [0.25, 0.3) is 0 Å². The van der Waals surface area contributed by atoms with Crippen LogP contribution in [-0.4, -0.2) is 23.9 Å². The lowest BCUT2D eigenvalue weighted by Gasteiger charge is -2.23. The van der Waals surface area contributed by atoms with Crippen molar-refractivity contribution in [2.45, 2.75) is 25.9 Å². The highest BCUT2D eigenvalue weighted by Gasteiger charge is 2.21. The van der Waals surface area contributed by atoms with Crippen LogP contribution in [0.15, 0.2) is 42.5 Å². The Morgan fingerprint density at radius 3 is 2.58 bits per heavy atom. The monoisotopic (exact) mass is 377 g/mol. The summed E-state index contributed by atoms with van der Waals surface area (Å²) in [6, 6.07) is 10.5. The van der Waals surface area contributed by atoms with E-state index in [2.05, 4.69) is 5.32 Å². The van der Waals surface area contributed by atoms with Crippen LogP contribution in [-0.2, 0) is 11.3 Å². The number of carbonyl (C=O) groups excluding carboxylic acids is 2. The molecule has 3 N–H and O–H groups in total. The number of nitrogens with zero attached hydrogens (tertiary/aromatic N) is 1. The quantitative estimate of drug-likeness (QED) is 0.807. The zero-order valence-electron chi connectivity index (χ0n) is 14.6. The smallest absolute Gasteiger partial charge is 0.312 e. The Labute approximate surface area is 156 Å². The van der Waals surface area contributed by atoms with E-state index in [1.165, 1.54) is 17.0 Å². The van der Waals surface area contributed by atoms with Crippen molar-refractivity contribution >= 4 is 23.5 Å². The van der Waals surface area contributed by atoms with Gasteiger partial charge < -0.3 is 16.0 Å². The maximum atomic E-state index is 13.9. The van der Waals surface area contributed by atoms with Crippen molar-refractivity contribution in [3.63, 3.8) is 0 Å². The first-order valence-corrected chi connectivity index (χ1v) is 8.45. The van der Waals surface area contributed by atoms with Crippen LogP contribution in [0.4, 0.5) is 9.18 Å². The Morgan fingerprint density at radius 1 is 1.27 bits per heavy atom. The third kappa shape index (κ3) is 5.20. The highest BCUT2D eigenvalue weighted by Crippen LogP contribution is 2.23. The number of primary amides is 1. The predicted octanol–water partition coefficient (Wildman–Crippen LogP) is 3.55. The van der Waals surface area contributed by atoms with Crippen LogP contribution >= 0.6 is 11.6 Å². The zero-order valence-corrected chi connectivity index (χ0v) is 15.4. The molecule has 0 spiro atoms. The number of rotatable bonds is 6. The minimum absolute atomic E-state index is 0.00500. The molecule has 5 nitrogen and oxygen atoms in total. The van der Waals surface area contributed by atoms with Gasteiger partial charge in [-0.3, -0.25) is 4.79 Å². The third-order valence-corrected chi connectivity index (χ3v) is 4.38. The summed E-state index contributed by atoms with van der Waals surface area (Å²) < 4.78 is 13.9. The molecule has 0 aliphatic heterocycles. The first kappa shape index (κ1) is 19.7. The summed E-state index contributed by atoms with van der Waals surface area (Å²) in [5.74, 6) is -0.743. The lowest BCUT2D eigenvalue weighted by atomic mass is 10.0. The van der Waals surface area contributed by atoms with Gasteiger partial charge in [-0.05, 0) is 24.6 Å². The van der Waals surface area contributed by atoms with Crippen LogP contribution in [0.1, 0.15) is 29.2 Å². The molecule has 2 aromatic rings. The lowest BCUT2D eigenvalue weighted by molar-refractivity contribution is -0.130. The molecule has 0 radical (unpaired) electrons. The Balaban J connectivity index is 2.14. The number of halogens is 2. The van der Waals surface area contributed by atoms with Crippen LogP contribution in [0.3, 0.4) is 0 Å². The molecular weight excluding hydrogens is 357 g/mol. The second-order valence-electron chi connectivity index (χ2n) is 6.13. The van der Waals surface area contributed by atoms with Crippen molar-refractivity contribution in [3.05, 3.63) is 70.0 Å². The average Bonchev–Trinajstić information content (AvgIpc) is 2.57. The number of hydrogen-bond donors (Lipinski definition) is 2. The molecule has 2 aromatic carbocycles. The fraction of sp³-hybridized carbons (Fsp3) is 0.263. The Kier molecular flexibility index (Phi) is 6.58. The predicted molar refractivity (Wildman–Crippen MR) is 99.1 cm³/mol. The minimum atomic E-state index is -0.718. The molecule has 3 amide bonds. The van der Waals surface area contributed by atoms with E-state index in [0.717, 1.165) is 11.1 Å². The molecule has 7 heteroatoms. The lowest BCUT2D eigenvalue weighted by Crippen LogP contribution is -2.37. The molecule has 0 saturated carbocycles. The van der Waals surface area contributed by atoms with Gasteiger partial charge in [-0.15, -0.1) is 0 Å². The molecule has 0 aromatic heterocycles. The number of urea groups is 1. The van der Waals surface area contributed by atoms with Crippen molar-refractivity contribution in [3.8, 4) is 0 Å². The van der Waals surface area contributed by atoms with Crippen molar-refractivity contribution < 1.29 is 14.0 Å². The fourth-order valence-corrected chi connectivity index (χ4v) is 2.87. The third-order valence-electron chi connectivity index (χ3n) is 4.02. The van der Waals surface area contributed by atoms with E-state index < -0.39 is 17.9 Å². The normalized spacial score (nSPS) is 11.7. The summed E-state index contributed by atoms with van der Waals surface area (Å²) in [6.07, 6.45) is -0.00500. The van der Waals surface area contributed by atoms with Crippen molar-refractivity contribution in [2.75, 3.05) is 7.05 Å². The average molecular weight is 378 g/mol. The summed E-state index contributed by atoms with van der Waals surface area (Å²) in [7, 11) is 1.56. The number of benzene rings is 2. The van der Waals surface area contributed by atoms with Crippen LogP contribution in [0, 0.1) is 12.7 Å². The number of nitrogens with one attached hydrogen (secondary N) is 1. The van der Waals surface area contributed by atoms with Gasteiger partial charge in [-0.25, -0.2) is 9.18 Å². The van der Waals surface area contributed by atoms with Gasteiger partial charge in [-0.1, -0.05) is 47.5 Å². The summed E-state index contributed by atoms with van der Waals surface area (Å²) in [5, 5.41) is 2.85. The van der Waals surface area contributed by atoms with Crippen LogP contribution in [0.2, 0.25) is 5.02 Å². The molecule has 0 aliphatic rings.